The van der Waals surface area contributed by atoms with Gasteiger partial charge in [0.15, 0.2) is 17.5 Å². The van der Waals surface area contributed by atoms with Gasteiger partial charge >= 0.3 is 0 Å². The number of nitrogens with two attached hydrogens (primary N) is 1. The molecular formula is C20H28IN3O3. The van der Waals surface area contributed by atoms with Crippen LogP contribution in [-0.2, 0) is 11.3 Å². The number of anilines is 1. The highest BCUT2D eigenvalue weighted by molar-refractivity contribution is 14.0. The number of aliphatic imine (C=N–C) groups is 1. The summed E-state index contributed by atoms with van der Waals surface area (Å²) in [5.74, 6) is 2.02. The molecule has 2 aromatic rings. The summed E-state index contributed by atoms with van der Waals surface area (Å²) in [6.07, 6.45) is 0. The predicted octanol–water partition coefficient (Wildman–Crippen LogP) is 3.90. The Bertz CT molecular complexity index is 725. The lowest BCUT2D eigenvalue weighted by Gasteiger charge is -2.14. The largest absolute Gasteiger partial charge is 0.493 e. The van der Waals surface area contributed by atoms with Crippen molar-refractivity contribution in [3.63, 3.8) is 0 Å². The van der Waals surface area contributed by atoms with Gasteiger partial charge in [-0.3, -0.25) is 4.99 Å². The van der Waals surface area contributed by atoms with E-state index in [9.17, 15) is 0 Å². The van der Waals surface area contributed by atoms with Crippen LogP contribution in [0.4, 0.5) is 5.69 Å². The second kappa shape index (κ2) is 12.4. The van der Waals surface area contributed by atoms with E-state index >= 15 is 0 Å². The van der Waals surface area contributed by atoms with Gasteiger partial charge in [0.1, 0.15) is 0 Å². The number of hydrogen-bond acceptors (Lipinski definition) is 4. The molecule has 6 nitrogen and oxygen atoms in total. The molecule has 0 aliphatic carbocycles. The summed E-state index contributed by atoms with van der Waals surface area (Å²) in [4.78, 5) is 4.41. The van der Waals surface area contributed by atoms with Crippen LogP contribution in [0.2, 0.25) is 0 Å². The minimum Gasteiger partial charge on any atom is -0.493 e. The zero-order valence-electron chi connectivity index (χ0n) is 16.0. The van der Waals surface area contributed by atoms with Gasteiger partial charge < -0.3 is 25.3 Å². The van der Waals surface area contributed by atoms with Crippen LogP contribution in [0, 0.1) is 5.92 Å². The molecule has 0 fully saturated rings. The monoisotopic (exact) mass is 485 g/mol. The number of halogens is 1. The van der Waals surface area contributed by atoms with Crippen molar-refractivity contribution in [1.82, 2.24) is 0 Å². The summed E-state index contributed by atoms with van der Waals surface area (Å²) in [7, 11) is 3.29. The fraction of sp³-hybridized carbons (Fsp3) is 0.350. The third-order valence-electron chi connectivity index (χ3n) is 3.75. The Hall–Kier alpha value is -2.00. The van der Waals surface area contributed by atoms with Crippen LogP contribution in [0.5, 0.6) is 11.5 Å². The lowest BCUT2D eigenvalue weighted by Crippen LogP contribution is -2.25. The molecule has 7 heteroatoms. The highest BCUT2D eigenvalue weighted by atomic mass is 127. The van der Waals surface area contributed by atoms with E-state index in [-0.39, 0.29) is 29.9 Å². The predicted molar refractivity (Wildman–Crippen MR) is 120 cm³/mol. The van der Waals surface area contributed by atoms with E-state index in [2.05, 4.69) is 17.2 Å². The zero-order valence-corrected chi connectivity index (χ0v) is 18.3. The minimum atomic E-state index is 0. The number of methoxy groups -OCH3 is 2. The van der Waals surface area contributed by atoms with Crippen molar-refractivity contribution in [2.24, 2.45) is 16.6 Å². The Morgan fingerprint density at radius 1 is 1.07 bits per heavy atom. The van der Waals surface area contributed by atoms with Gasteiger partial charge in [-0.25, -0.2) is 0 Å². The van der Waals surface area contributed by atoms with Crippen molar-refractivity contribution >= 4 is 35.6 Å². The molecule has 0 spiro atoms. The first-order valence-electron chi connectivity index (χ1n) is 8.53. The smallest absolute Gasteiger partial charge is 0.193 e. The normalized spacial score (nSPS) is 12.0. The Labute approximate surface area is 178 Å². The van der Waals surface area contributed by atoms with Gasteiger partial charge in [0.25, 0.3) is 0 Å². The minimum absolute atomic E-state index is 0. The molecule has 2 aromatic carbocycles. The van der Waals surface area contributed by atoms with Gasteiger partial charge in [0, 0.05) is 30.8 Å². The van der Waals surface area contributed by atoms with Gasteiger partial charge in [-0.1, -0.05) is 37.3 Å². The second-order valence-corrected chi connectivity index (χ2v) is 6.01. The second-order valence-electron chi connectivity index (χ2n) is 6.01. The first kappa shape index (κ1) is 23.0. The first-order chi connectivity index (χ1) is 12.6. The van der Waals surface area contributed by atoms with E-state index in [1.807, 2.05) is 48.5 Å². The van der Waals surface area contributed by atoms with Gasteiger partial charge in [-0.2, -0.15) is 0 Å². The number of nitrogens with one attached hydrogen (secondary N) is 1. The highest BCUT2D eigenvalue weighted by Gasteiger charge is 2.07. The molecule has 2 rings (SSSR count). The van der Waals surface area contributed by atoms with Crippen molar-refractivity contribution < 1.29 is 14.2 Å². The van der Waals surface area contributed by atoms with E-state index in [0.29, 0.717) is 25.7 Å². The Kier molecular flexibility index (Phi) is 10.6. The summed E-state index contributed by atoms with van der Waals surface area (Å²) < 4.78 is 16.3. The van der Waals surface area contributed by atoms with E-state index in [0.717, 1.165) is 22.7 Å². The SMILES string of the molecule is COCc1ccccc1NC(N)=NCC(C)COc1ccccc1OC.I. The van der Waals surface area contributed by atoms with Crippen molar-refractivity contribution in [2.75, 3.05) is 32.7 Å². The molecule has 148 valence electrons. The summed E-state index contributed by atoms with van der Waals surface area (Å²) in [6, 6.07) is 15.4. The summed E-state index contributed by atoms with van der Waals surface area (Å²) in [6.45, 7) is 3.66. The van der Waals surface area contributed by atoms with Crippen LogP contribution < -0.4 is 20.5 Å². The number of benzene rings is 2. The summed E-state index contributed by atoms with van der Waals surface area (Å²) in [5.41, 5.74) is 7.93. The van der Waals surface area contributed by atoms with Gasteiger partial charge in [0.2, 0.25) is 0 Å². The molecule has 0 saturated carbocycles. The van der Waals surface area contributed by atoms with Crippen LogP contribution in [0.15, 0.2) is 53.5 Å². The molecule has 0 aromatic heterocycles. The maximum atomic E-state index is 6.01. The average molecular weight is 485 g/mol. The summed E-state index contributed by atoms with van der Waals surface area (Å²) in [5, 5.41) is 3.13. The van der Waals surface area contributed by atoms with Gasteiger partial charge in [-0.05, 0) is 18.2 Å². The number of hydrogen-bond donors (Lipinski definition) is 2. The van der Waals surface area contributed by atoms with Gasteiger partial charge in [-0.15, -0.1) is 24.0 Å². The lowest BCUT2D eigenvalue weighted by atomic mass is 10.2. The van der Waals surface area contributed by atoms with Crippen LogP contribution >= 0.6 is 24.0 Å². The third kappa shape index (κ3) is 7.64. The van der Waals surface area contributed by atoms with Crippen molar-refractivity contribution in [2.45, 2.75) is 13.5 Å². The molecule has 0 aliphatic rings. The maximum absolute atomic E-state index is 6.01. The van der Waals surface area contributed by atoms with E-state index < -0.39 is 0 Å². The Morgan fingerprint density at radius 2 is 1.74 bits per heavy atom. The van der Waals surface area contributed by atoms with Crippen LogP contribution in [0.1, 0.15) is 12.5 Å². The molecule has 0 radical (unpaired) electrons. The number of guanidine groups is 1. The standard InChI is InChI=1S/C20H27N3O3.HI/c1-15(13-26-19-11-7-6-10-18(19)25-3)12-22-20(21)23-17-9-5-4-8-16(17)14-24-2;/h4-11,15H,12-14H2,1-3H3,(H3,21,22,23);1H. The van der Waals surface area contributed by atoms with Gasteiger partial charge in [0.05, 0.1) is 20.3 Å². The summed E-state index contributed by atoms with van der Waals surface area (Å²) >= 11 is 0. The molecular weight excluding hydrogens is 457 g/mol. The van der Waals surface area contributed by atoms with Crippen molar-refractivity contribution in [3.05, 3.63) is 54.1 Å². The fourth-order valence-electron chi connectivity index (χ4n) is 2.38. The molecule has 1 atom stereocenters. The molecule has 0 bridgehead atoms. The molecule has 3 N–H and O–H groups in total. The fourth-order valence-corrected chi connectivity index (χ4v) is 2.38. The van der Waals surface area contributed by atoms with Crippen LogP contribution in [0.25, 0.3) is 0 Å². The highest BCUT2D eigenvalue weighted by Crippen LogP contribution is 2.26. The van der Waals surface area contributed by atoms with Crippen molar-refractivity contribution in [3.8, 4) is 11.5 Å². The van der Waals surface area contributed by atoms with E-state index in [1.54, 1.807) is 14.2 Å². The molecule has 27 heavy (non-hydrogen) atoms. The van der Waals surface area contributed by atoms with Crippen molar-refractivity contribution in [1.29, 1.82) is 0 Å². The molecule has 0 aliphatic heterocycles. The Morgan fingerprint density at radius 3 is 2.44 bits per heavy atom. The topological polar surface area (TPSA) is 78.1 Å². The first-order valence-corrected chi connectivity index (χ1v) is 8.53. The van der Waals surface area contributed by atoms with Crippen LogP contribution in [0.3, 0.4) is 0 Å². The quantitative estimate of drug-likeness (QED) is 0.320. The number of rotatable bonds is 9. The molecule has 0 heterocycles. The van der Waals surface area contributed by atoms with E-state index in [1.165, 1.54) is 0 Å². The lowest BCUT2D eigenvalue weighted by molar-refractivity contribution is 0.185. The number of para-hydroxylation sites is 3. The number of ether oxygens (including phenoxy) is 3. The average Bonchev–Trinajstić information content (AvgIpc) is 2.66. The zero-order chi connectivity index (χ0) is 18.8. The third-order valence-corrected chi connectivity index (χ3v) is 3.75. The van der Waals surface area contributed by atoms with Crippen LogP contribution in [-0.4, -0.2) is 33.3 Å². The molecule has 0 saturated heterocycles. The van der Waals surface area contributed by atoms with E-state index in [4.69, 9.17) is 19.9 Å². The maximum Gasteiger partial charge on any atom is 0.193 e. The Balaban J connectivity index is 0.00000364. The number of nitrogens with zero attached hydrogens (tertiary/aromatic N) is 1. The molecule has 1 unspecified atom stereocenters. The molecule has 0 amide bonds.